The number of aldehydes is 1. The van der Waals surface area contributed by atoms with Gasteiger partial charge in [0.2, 0.25) is 0 Å². The van der Waals surface area contributed by atoms with Crippen LogP contribution in [0.2, 0.25) is 0 Å². The zero-order valence-corrected chi connectivity index (χ0v) is 14.7. The first kappa shape index (κ1) is 18.2. The van der Waals surface area contributed by atoms with Crippen LogP contribution < -0.4 is 10.1 Å². The molecule has 1 fully saturated rings. The Hall–Kier alpha value is -2.13. The Balaban J connectivity index is 0.000000647. The van der Waals surface area contributed by atoms with E-state index < -0.39 is 0 Å². The Morgan fingerprint density at radius 3 is 2.58 bits per heavy atom. The zero-order chi connectivity index (χ0) is 17.4. The summed E-state index contributed by atoms with van der Waals surface area (Å²) < 4.78 is 5.29. The molecule has 3 heteroatoms. The molecule has 0 amide bonds. The Morgan fingerprint density at radius 2 is 1.92 bits per heavy atom. The summed E-state index contributed by atoms with van der Waals surface area (Å²) in [5.41, 5.74) is 2.77. The van der Waals surface area contributed by atoms with E-state index in [9.17, 15) is 0 Å². The van der Waals surface area contributed by atoms with Crippen LogP contribution in [0.4, 0.5) is 0 Å². The molecule has 0 heterocycles. The second-order valence-electron chi connectivity index (χ2n) is 6.16. The van der Waals surface area contributed by atoms with Gasteiger partial charge in [-0.3, -0.25) is 0 Å². The fourth-order valence-corrected chi connectivity index (χ4v) is 2.94. The summed E-state index contributed by atoms with van der Waals surface area (Å²) >= 11 is 0. The number of benzene rings is 2. The van der Waals surface area contributed by atoms with Gasteiger partial charge in [0.05, 0.1) is 7.11 Å². The summed E-state index contributed by atoms with van der Waals surface area (Å²) in [5, 5.41) is 3.66. The topological polar surface area (TPSA) is 38.3 Å². The molecule has 2 aromatic rings. The Bertz CT molecular complexity index is 627. The van der Waals surface area contributed by atoms with Crippen LogP contribution >= 0.6 is 0 Å². The van der Waals surface area contributed by atoms with Crippen molar-refractivity contribution in [3.05, 3.63) is 65.7 Å². The fourth-order valence-electron chi connectivity index (χ4n) is 2.94. The van der Waals surface area contributed by atoms with Gasteiger partial charge in [-0.15, -0.1) is 0 Å². The molecule has 0 aromatic heterocycles. The smallest absolute Gasteiger partial charge is 0.119 e. The molecule has 1 saturated carbocycles. The molecule has 3 atom stereocenters. The second kappa shape index (κ2) is 9.24. The molecule has 1 aliphatic rings. The molecule has 3 nitrogen and oxygen atoms in total. The number of nitrogens with one attached hydrogen (secondary N) is 1. The first-order chi connectivity index (χ1) is 11.7. The number of hydrogen-bond acceptors (Lipinski definition) is 3. The van der Waals surface area contributed by atoms with Crippen molar-refractivity contribution in [2.45, 2.75) is 32.2 Å². The van der Waals surface area contributed by atoms with Crippen molar-refractivity contribution in [2.24, 2.45) is 5.92 Å². The third-order valence-corrected chi connectivity index (χ3v) is 4.43. The lowest BCUT2D eigenvalue weighted by Crippen LogP contribution is -2.21. The third-order valence-electron chi connectivity index (χ3n) is 4.43. The molecule has 2 aromatic carbocycles. The number of carbonyl (C=O) groups is 1. The van der Waals surface area contributed by atoms with E-state index in [1.165, 1.54) is 24.5 Å². The van der Waals surface area contributed by atoms with Crippen LogP contribution in [0, 0.1) is 5.92 Å². The van der Waals surface area contributed by atoms with Gasteiger partial charge in [-0.05, 0) is 61.9 Å². The first-order valence-corrected chi connectivity index (χ1v) is 8.51. The lowest BCUT2D eigenvalue weighted by molar-refractivity contribution is -0.106. The van der Waals surface area contributed by atoms with E-state index in [0.717, 1.165) is 30.4 Å². The van der Waals surface area contributed by atoms with Crippen molar-refractivity contribution < 1.29 is 9.53 Å². The van der Waals surface area contributed by atoms with E-state index in [2.05, 4.69) is 60.8 Å². The Kier molecular flexibility index (Phi) is 7.01. The summed E-state index contributed by atoms with van der Waals surface area (Å²) in [5.74, 6) is 2.45. The van der Waals surface area contributed by atoms with Gasteiger partial charge in [0, 0.05) is 6.04 Å². The van der Waals surface area contributed by atoms with Crippen molar-refractivity contribution in [1.29, 1.82) is 0 Å². The van der Waals surface area contributed by atoms with Crippen molar-refractivity contribution in [1.82, 2.24) is 5.32 Å². The van der Waals surface area contributed by atoms with E-state index in [0.29, 0.717) is 6.04 Å². The predicted molar refractivity (Wildman–Crippen MR) is 98.4 cm³/mol. The van der Waals surface area contributed by atoms with Crippen LogP contribution in [-0.4, -0.2) is 19.9 Å². The normalized spacial score (nSPS) is 19.6. The number of hydrogen-bond donors (Lipinski definition) is 1. The molecule has 1 N–H and O–H groups in total. The van der Waals surface area contributed by atoms with Crippen LogP contribution in [0.5, 0.6) is 5.75 Å². The van der Waals surface area contributed by atoms with Gasteiger partial charge in [0.15, 0.2) is 0 Å². The summed E-state index contributed by atoms with van der Waals surface area (Å²) in [6.07, 6.45) is 2.06. The van der Waals surface area contributed by atoms with E-state index in [1.807, 2.05) is 6.07 Å². The van der Waals surface area contributed by atoms with E-state index in [4.69, 9.17) is 9.53 Å². The standard InChI is InChI=1S/C19H23NO.C2H4O/c1-14(16-9-6-10-18(11-16)21-2)20-13-17-12-19(17)15-7-4-3-5-8-15;1-2-3/h3-11,14,17,19-20H,12-13H2,1-2H3;2H,1H3/t14-,17+,19+;/m1./s1. The van der Waals surface area contributed by atoms with E-state index in [1.54, 1.807) is 7.11 Å². The molecule has 0 aliphatic heterocycles. The van der Waals surface area contributed by atoms with Crippen LogP contribution in [0.15, 0.2) is 54.6 Å². The molecule has 128 valence electrons. The van der Waals surface area contributed by atoms with Crippen LogP contribution in [0.25, 0.3) is 0 Å². The zero-order valence-electron chi connectivity index (χ0n) is 14.7. The number of methoxy groups -OCH3 is 1. The summed E-state index contributed by atoms with van der Waals surface area (Å²) in [4.78, 5) is 8.81. The maximum absolute atomic E-state index is 8.81. The molecule has 3 rings (SSSR count). The predicted octanol–water partition coefficient (Wildman–Crippen LogP) is 4.35. The van der Waals surface area contributed by atoms with Gasteiger partial charge in [0.25, 0.3) is 0 Å². The first-order valence-electron chi connectivity index (χ1n) is 8.51. The maximum Gasteiger partial charge on any atom is 0.119 e. The van der Waals surface area contributed by atoms with Gasteiger partial charge >= 0.3 is 0 Å². The number of rotatable bonds is 6. The van der Waals surface area contributed by atoms with Crippen molar-refractivity contribution in [3.63, 3.8) is 0 Å². The molecular weight excluding hydrogens is 298 g/mol. The minimum Gasteiger partial charge on any atom is -0.497 e. The van der Waals surface area contributed by atoms with Crippen LogP contribution in [0.3, 0.4) is 0 Å². The van der Waals surface area contributed by atoms with Crippen molar-refractivity contribution in [3.8, 4) is 5.75 Å². The molecule has 0 spiro atoms. The average Bonchev–Trinajstić information content (AvgIpc) is 3.41. The van der Waals surface area contributed by atoms with Gasteiger partial charge in [0.1, 0.15) is 12.0 Å². The molecule has 0 bridgehead atoms. The minimum absolute atomic E-state index is 0.358. The van der Waals surface area contributed by atoms with Gasteiger partial charge in [-0.25, -0.2) is 0 Å². The number of ether oxygens (including phenoxy) is 1. The quantitative estimate of drug-likeness (QED) is 0.802. The molecule has 0 unspecified atom stereocenters. The summed E-state index contributed by atoms with van der Waals surface area (Å²) in [6, 6.07) is 19.5. The molecule has 0 radical (unpaired) electrons. The van der Waals surface area contributed by atoms with Crippen molar-refractivity contribution >= 4 is 6.29 Å². The van der Waals surface area contributed by atoms with E-state index in [-0.39, 0.29) is 0 Å². The van der Waals surface area contributed by atoms with Crippen LogP contribution in [0.1, 0.15) is 43.4 Å². The highest BCUT2D eigenvalue weighted by atomic mass is 16.5. The molecule has 24 heavy (non-hydrogen) atoms. The van der Waals surface area contributed by atoms with Gasteiger partial charge < -0.3 is 14.8 Å². The van der Waals surface area contributed by atoms with Gasteiger partial charge in [-0.2, -0.15) is 0 Å². The Morgan fingerprint density at radius 1 is 1.21 bits per heavy atom. The van der Waals surface area contributed by atoms with E-state index >= 15 is 0 Å². The highest BCUT2D eigenvalue weighted by Gasteiger charge is 2.37. The monoisotopic (exact) mass is 325 g/mol. The second-order valence-corrected chi connectivity index (χ2v) is 6.16. The largest absolute Gasteiger partial charge is 0.497 e. The molecule has 1 aliphatic carbocycles. The average molecular weight is 325 g/mol. The Labute approximate surface area is 145 Å². The SMILES string of the molecule is CC=O.COc1cccc([C@@H](C)NC[C@@H]2C[C@H]2c2ccccc2)c1. The summed E-state index contributed by atoms with van der Waals surface area (Å²) in [7, 11) is 1.71. The van der Waals surface area contributed by atoms with Gasteiger partial charge in [-0.1, -0.05) is 42.5 Å². The lowest BCUT2D eigenvalue weighted by atomic mass is 10.1. The number of carbonyl (C=O) groups excluding carboxylic acids is 1. The minimum atomic E-state index is 0.358. The fraction of sp³-hybridized carbons (Fsp3) is 0.381. The van der Waals surface area contributed by atoms with Crippen LogP contribution in [-0.2, 0) is 4.79 Å². The highest BCUT2D eigenvalue weighted by Crippen LogP contribution is 2.47. The van der Waals surface area contributed by atoms with Crippen molar-refractivity contribution in [2.75, 3.05) is 13.7 Å². The summed E-state index contributed by atoms with van der Waals surface area (Å²) in [6.45, 7) is 4.74. The maximum atomic E-state index is 8.81. The third kappa shape index (κ3) is 5.20. The lowest BCUT2D eigenvalue weighted by Gasteiger charge is -2.15. The molecular formula is C21H27NO2. The molecule has 0 saturated heterocycles. The highest BCUT2D eigenvalue weighted by molar-refractivity contribution is 5.44.